The Kier molecular flexibility index (Phi) is 5.59. The van der Waals surface area contributed by atoms with E-state index < -0.39 is 6.04 Å². The Morgan fingerprint density at radius 2 is 2.06 bits per heavy atom. The summed E-state index contributed by atoms with van der Waals surface area (Å²) in [6, 6.07) is -0.568. The SMILES string of the molecule is COC(=O)[C@@H](NC(=O)C1CCCC1CN)C(C)C. The molecule has 0 saturated heterocycles. The highest BCUT2D eigenvalue weighted by atomic mass is 16.5. The van der Waals surface area contributed by atoms with E-state index in [2.05, 4.69) is 5.32 Å². The summed E-state index contributed by atoms with van der Waals surface area (Å²) in [5.74, 6) is -0.247. The molecular weight excluding hydrogens is 232 g/mol. The fourth-order valence-corrected chi connectivity index (χ4v) is 2.55. The van der Waals surface area contributed by atoms with Gasteiger partial charge in [-0.25, -0.2) is 4.79 Å². The molecule has 0 aromatic heterocycles. The van der Waals surface area contributed by atoms with Gasteiger partial charge in [0.1, 0.15) is 6.04 Å². The normalized spacial score (nSPS) is 24.9. The zero-order valence-corrected chi connectivity index (χ0v) is 11.4. The molecule has 3 N–H and O–H groups in total. The van der Waals surface area contributed by atoms with Crippen molar-refractivity contribution in [1.29, 1.82) is 0 Å². The lowest BCUT2D eigenvalue weighted by molar-refractivity contribution is -0.147. The van der Waals surface area contributed by atoms with Crippen LogP contribution in [0.5, 0.6) is 0 Å². The molecule has 0 aromatic carbocycles. The summed E-state index contributed by atoms with van der Waals surface area (Å²) in [5, 5.41) is 2.80. The van der Waals surface area contributed by atoms with Crippen LogP contribution in [0.25, 0.3) is 0 Å². The Labute approximate surface area is 108 Å². The number of carbonyl (C=O) groups is 2. The molecule has 0 bridgehead atoms. The highest BCUT2D eigenvalue weighted by molar-refractivity contribution is 5.86. The minimum Gasteiger partial charge on any atom is -0.467 e. The fraction of sp³-hybridized carbons (Fsp3) is 0.846. The predicted octanol–water partition coefficient (Wildman–Crippen LogP) is 0.675. The number of carbonyl (C=O) groups excluding carboxylic acids is 2. The third-order valence-corrected chi connectivity index (χ3v) is 3.72. The molecule has 5 nitrogen and oxygen atoms in total. The van der Waals surface area contributed by atoms with Gasteiger partial charge >= 0.3 is 5.97 Å². The molecule has 1 fully saturated rings. The van der Waals surface area contributed by atoms with Crippen LogP contribution in [0.15, 0.2) is 0 Å². The predicted molar refractivity (Wildman–Crippen MR) is 68.7 cm³/mol. The number of amides is 1. The molecule has 0 heterocycles. The van der Waals surface area contributed by atoms with E-state index >= 15 is 0 Å². The number of nitrogens with two attached hydrogens (primary N) is 1. The van der Waals surface area contributed by atoms with Crippen molar-refractivity contribution in [2.75, 3.05) is 13.7 Å². The molecule has 5 heteroatoms. The summed E-state index contributed by atoms with van der Waals surface area (Å²) >= 11 is 0. The van der Waals surface area contributed by atoms with Crippen molar-refractivity contribution in [2.45, 2.75) is 39.2 Å². The van der Waals surface area contributed by atoms with Gasteiger partial charge in [-0.1, -0.05) is 20.3 Å². The Bertz CT molecular complexity index is 305. The quantitative estimate of drug-likeness (QED) is 0.709. The van der Waals surface area contributed by atoms with Crippen molar-refractivity contribution >= 4 is 11.9 Å². The number of rotatable bonds is 5. The summed E-state index contributed by atoms with van der Waals surface area (Å²) < 4.78 is 4.71. The maximum Gasteiger partial charge on any atom is 0.328 e. The van der Waals surface area contributed by atoms with Gasteiger partial charge in [-0.15, -0.1) is 0 Å². The molecule has 1 aliphatic carbocycles. The summed E-state index contributed by atoms with van der Waals surface area (Å²) in [4.78, 5) is 23.8. The highest BCUT2D eigenvalue weighted by Crippen LogP contribution is 2.31. The molecule has 0 spiro atoms. The average molecular weight is 256 g/mol. The molecular formula is C13H24N2O3. The van der Waals surface area contributed by atoms with Crippen LogP contribution in [-0.4, -0.2) is 31.6 Å². The number of ether oxygens (including phenoxy) is 1. The molecule has 104 valence electrons. The third-order valence-electron chi connectivity index (χ3n) is 3.72. The van der Waals surface area contributed by atoms with Gasteiger partial charge < -0.3 is 15.8 Å². The van der Waals surface area contributed by atoms with Crippen LogP contribution in [-0.2, 0) is 14.3 Å². The van der Waals surface area contributed by atoms with Crippen LogP contribution in [0, 0.1) is 17.8 Å². The van der Waals surface area contributed by atoms with Gasteiger partial charge in [0, 0.05) is 5.92 Å². The topological polar surface area (TPSA) is 81.4 Å². The van der Waals surface area contributed by atoms with Crippen molar-refractivity contribution in [1.82, 2.24) is 5.32 Å². The number of esters is 1. The lowest BCUT2D eigenvalue weighted by Gasteiger charge is -2.24. The van der Waals surface area contributed by atoms with E-state index in [1.165, 1.54) is 7.11 Å². The molecule has 0 aliphatic heterocycles. The van der Waals surface area contributed by atoms with Crippen LogP contribution in [0.4, 0.5) is 0 Å². The van der Waals surface area contributed by atoms with Crippen LogP contribution in [0.2, 0.25) is 0 Å². The zero-order valence-electron chi connectivity index (χ0n) is 11.4. The largest absolute Gasteiger partial charge is 0.467 e. The number of hydrogen-bond donors (Lipinski definition) is 2. The first-order valence-electron chi connectivity index (χ1n) is 6.59. The fourth-order valence-electron chi connectivity index (χ4n) is 2.55. The van der Waals surface area contributed by atoms with Gasteiger partial charge in [0.25, 0.3) is 0 Å². The number of nitrogens with one attached hydrogen (secondary N) is 1. The summed E-state index contributed by atoms with van der Waals surface area (Å²) in [5.41, 5.74) is 5.67. The van der Waals surface area contributed by atoms with Gasteiger partial charge in [0.2, 0.25) is 5.91 Å². The van der Waals surface area contributed by atoms with Crippen molar-refractivity contribution in [3.63, 3.8) is 0 Å². The van der Waals surface area contributed by atoms with Crippen molar-refractivity contribution < 1.29 is 14.3 Å². The van der Waals surface area contributed by atoms with E-state index in [4.69, 9.17) is 10.5 Å². The van der Waals surface area contributed by atoms with Crippen molar-refractivity contribution in [3.8, 4) is 0 Å². The van der Waals surface area contributed by atoms with Crippen LogP contribution in [0.1, 0.15) is 33.1 Å². The van der Waals surface area contributed by atoms with Crippen LogP contribution < -0.4 is 11.1 Å². The first-order valence-corrected chi connectivity index (χ1v) is 6.59. The van der Waals surface area contributed by atoms with Crippen molar-refractivity contribution in [3.05, 3.63) is 0 Å². The molecule has 1 saturated carbocycles. The molecule has 0 radical (unpaired) electrons. The average Bonchev–Trinajstić information content (AvgIpc) is 2.82. The standard InChI is InChI=1S/C13H24N2O3/c1-8(2)11(13(17)18-3)15-12(16)10-6-4-5-9(10)7-14/h8-11H,4-7,14H2,1-3H3,(H,15,16)/t9?,10?,11-/m0/s1. The smallest absolute Gasteiger partial charge is 0.328 e. The Hall–Kier alpha value is -1.10. The van der Waals surface area contributed by atoms with Crippen molar-refractivity contribution in [2.24, 2.45) is 23.5 Å². The highest BCUT2D eigenvalue weighted by Gasteiger charge is 2.34. The maximum atomic E-state index is 12.2. The van der Waals surface area contributed by atoms with E-state index in [1.54, 1.807) is 0 Å². The molecule has 1 rings (SSSR count). The van der Waals surface area contributed by atoms with Crippen LogP contribution >= 0.6 is 0 Å². The molecule has 1 amide bonds. The minimum absolute atomic E-state index is 0.0131. The second kappa shape index (κ2) is 6.73. The van der Waals surface area contributed by atoms with E-state index in [9.17, 15) is 9.59 Å². The second-order valence-electron chi connectivity index (χ2n) is 5.29. The lowest BCUT2D eigenvalue weighted by Crippen LogP contribution is -2.48. The molecule has 18 heavy (non-hydrogen) atoms. The van der Waals surface area contributed by atoms with E-state index in [0.29, 0.717) is 6.54 Å². The van der Waals surface area contributed by atoms with E-state index in [-0.39, 0.29) is 29.6 Å². The molecule has 1 aliphatic rings. The van der Waals surface area contributed by atoms with E-state index in [0.717, 1.165) is 19.3 Å². The monoisotopic (exact) mass is 256 g/mol. The molecule has 0 aromatic rings. The van der Waals surface area contributed by atoms with Gasteiger partial charge in [-0.3, -0.25) is 4.79 Å². The maximum absolute atomic E-state index is 12.2. The minimum atomic E-state index is -0.568. The summed E-state index contributed by atoms with van der Waals surface area (Å²) in [6.45, 7) is 4.30. The summed E-state index contributed by atoms with van der Waals surface area (Å²) in [7, 11) is 1.34. The Balaban J connectivity index is 2.63. The first kappa shape index (κ1) is 15.0. The first-order chi connectivity index (χ1) is 8.51. The second-order valence-corrected chi connectivity index (χ2v) is 5.29. The number of methoxy groups -OCH3 is 1. The molecule has 2 unspecified atom stereocenters. The van der Waals surface area contributed by atoms with Gasteiger partial charge in [-0.05, 0) is 31.2 Å². The summed E-state index contributed by atoms with van der Waals surface area (Å²) in [6.07, 6.45) is 2.89. The third kappa shape index (κ3) is 3.45. The lowest BCUT2D eigenvalue weighted by atomic mass is 9.94. The van der Waals surface area contributed by atoms with Gasteiger partial charge in [0.05, 0.1) is 7.11 Å². The Morgan fingerprint density at radius 1 is 1.39 bits per heavy atom. The van der Waals surface area contributed by atoms with Gasteiger partial charge in [0.15, 0.2) is 0 Å². The zero-order chi connectivity index (χ0) is 13.7. The number of hydrogen-bond acceptors (Lipinski definition) is 4. The van der Waals surface area contributed by atoms with E-state index in [1.807, 2.05) is 13.8 Å². The molecule has 3 atom stereocenters. The van der Waals surface area contributed by atoms with Gasteiger partial charge in [-0.2, -0.15) is 0 Å². The van der Waals surface area contributed by atoms with Crippen LogP contribution in [0.3, 0.4) is 0 Å². The Morgan fingerprint density at radius 3 is 2.56 bits per heavy atom.